The number of nitrogens with one attached hydrogen (secondary N) is 1. The Balaban J connectivity index is 1.17. The zero-order chi connectivity index (χ0) is 24.6. The van der Waals surface area contributed by atoms with Gasteiger partial charge in [-0.25, -0.2) is 4.39 Å². The van der Waals surface area contributed by atoms with E-state index in [0.717, 1.165) is 57.3 Å². The van der Waals surface area contributed by atoms with E-state index in [-0.39, 0.29) is 24.3 Å². The molecule has 4 rings (SSSR count). The summed E-state index contributed by atoms with van der Waals surface area (Å²) in [6.07, 6.45) is -0.729. The van der Waals surface area contributed by atoms with Crippen molar-refractivity contribution >= 4 is 17.3 Å². The van der Waals surface area contributed by atoms with Gasteiger partial charge in [-0.05, 0) is 43.3 Å². The second-order valence-corrected chi connectivity index (χ2v) is 9.17. The third-order valence-electron chi connectivity index (χ3n) is 6.46. The Morgan fingerprint density at radius 1 is 1.14 bits per heavy atom. The monoisotopic (exact) mass is 486 g/mol. The van der Waals surface area contributed by atoms with E-state index in [9.17, 15) is 14.3 Å². The molecule has 0 spiro atoms. The number of aliphatic hydroxyl groups is 1. The van der Waals surface area contributed by atoms with Crippen molar-refractivity contribution in [3.05, 3.63) is 54.3 Å². The number of carbonyl (C=O) groups excluding carboxylic acids is 1. The van der Waals surface area contributed by atoms with Gasteiger partial charge in [0.15, 0.2) is 11.6 Å². The lowest BCUT2D eigenvalue weighted by Gasteiger charge is -2.40. The van der Waals surface area contributed by atoms with Crippen molar-refractivity contribution in [3.8, 4) is 5.75 Å². The summed E-state index contributed by atoms with van der Waals surface area (Å²) >= 11 is 0. The van der Waals surface area contributed by atoms with Crippen LogP contribution in [0, 0.1) is 5.82 Å². The van der Waals surface area contributed by atoms with Crippen LogP contribution in [-0.2, 0) is 9.53 Å². The van der Waals surface area contributed by atoms with Crippen molar-refractivity contribution in [2.75, 3.05) is 75.9 Å². The normalized spacial score (nSPS) is 20.4. The molecule has 2 heterocycles. The fourth-order valence-corrected chi connectivity index (χ4v) is 4.54. The second-order valence-electron chi connectivity index (χ2n) is 9.17. The number of halogens is 1. The molecule has 2 unspecified atom stereocenters. The van der Waals surface area contributed by atoms with Crippen molar-refractivity contribution < 1.29 is 23.8 Å². The van der Waals surface area contributed by atoms with Gasteiger partial charge in [0.2, 0.25) is 5.91 Å². The van der Waals surface area contributed by atoms with Crippen molar-refractivity contribution in [1.82, 2.24) is 9.80 Å². The molecule has 9 heteroatoms. The summed E-state index contributed by atoms with van der Waals surface area (Å²) in [6.45, 7) is 8.30. The molecule has 2 aliphatic rings. The van der Waals surface area contributed by atoms with Crippen LogP contribution in [0.2, 0.25) is 0 Å². The maximum Gasteiger partial charge on any atom is 0.238 e. The van der Waals surface area contributed by atoms with Crippen LogP contribution in [0.15, 0.2) is 48.5 Å². The molecule has 2 fully saturated rings. The second kappa shape index (κ2) is 12.3. The largest absolute Gasteiger partial charge is 0.488 e. The van der Waals surface area contributed by atoms with Gasteiger partial charge < -0.3 is 24.8 Å². The average Bonchev–Trinajstić information content (AvgIpc) is 2.86. The Kier molecular flexibility index (Phi) is 8.92. The molecule has 2 atom stereocenters. The molecule has 8 nitrogen and oxygen atoms in total. The highest BCUT2D eigenvalue weighted by molar-refractivity contribution is 5.92. The Labute approximate surface area is 206 Å². The van der Waals surface area contributed by atoms with Crippen molar-refractivity contribution in [2.24, 2.45) is 0 Å². The smallest absolute Gasteiger partial charge is 0.238 e. The Morgan fingerprint density at radius 3 is 2.60 bits per heavy atom. The van der Waals surface area contributed by atoms with Crippen LogP contribution in [0.1, 0.15) is 6.92 Å². The summed E-state index contributed by atoms with van der Waals surface area (Å²) < 4.78 is 24.5. The zero-order valence-corrected chi connectivity index (χ0v) is 20.2. The van der Waals surface area contributed by atoms with Gasteiger partial charge >= 0.3 is 0 Å². The topological polar surface area (TPSA) is 77.5 Å². The van der Waals surface area contributed by atoms with E-state index in [1.807, 2.05) is 24.3 Å². The number of anilines is 2. The van der Waals surface area contributed by atoms with E-state index in [1.54, 1.807) is 18.2 Å². The predicted molar refractivity (Wildman–Crippen MR) is 133 cm³/mol. The standard InChI is InChI=1S/C26H35FN4O4/c1-20-16-29(10-11-31(20)17-23(32)19-35-25-5-3-2-4-24(25)27)18-26(33)28-21-6-8-22(9-7-21)30-12-14-34-15-13-30/h2-9,20,23,32H,10-19H2,1H3,(H,28,33). The molecule has 0 aromatic heterocycles. The average molecular weight is 487 g/mol. The van der Waals surface area contributed by atoms with E-state index < -0.39 is 11.9 Å². The van der Waals surface area contributed by atoms with E-state index in [4.69, 9.17) is 9.47 Å². The lowest BCUT2D eigenvalue weighted by Crippen LogP contribution is -2.55. The number of carbonyl (C=O) groups is 1. The summed E-state index contributed by atoms with van der Waals surface area (Å²) in [5, 5.41) is 13.4. The van der Waals surface area contributed by atoms with Gasteiger partial charge in [-0.3, -0.25) is 14.6 Å². The van der Waals surface area contributed by atoms with E-state index >= 15 is 0 Å². The maximum absolute atomic E-state index is 13.7. The molecule has 2 aliphatic heterocycles. The van der Waals surface area contributed by atoms with Crippen LogP contribution in [0.4, 0.5) is 15.8 Å². The number of ether oxygens (including phenoxy) is 2. The minimum Gasteiger partial charge on any atom is -0.488 e. The van der Waals surface area contributed by atoms with Crippen LogP contribution >= 0.6 is 0 Å². The van der Waals surface area contributed by atoms with Gasteiger partial charge in [-0.2, -0.15) is 0 Å². The quantitative estimate of drug-likeness (QED) is 0.562. The lowest BCUT2D eigenvalue weighted by molar-refractivity contribution is -0.118. The minimum absolute atomic E-state index is 0.0284. The molecule has 0 bridgehead atoms. The highest BCUT2D eigenvalue weighted by atomic mass is 19.1. The Hall–Kier alpha value is -2.72. The summed E-state index contributed by atoms with van der Waals surface area (Å²) in [4.78, 5) is 19.2. The number of β-amino-alcohol motifs (C(OH)–C–C–N with tert-alkyl or cyclic N) is 1. The number of hydrogen-bond donors (Lipinski definition) is 2. The van der Waals surface area contributed by atoms with E-state index in [0.29, 0.717) is 13.1 Å². The number of nitrogens with zero attached hydrogens (tertiary/aromatic N) is 3. The number of piperazine rings is 1. The Morgan fingerprint density at radius 2 is 1.89 bits per heavy atom. The van der Waals surface area contributed by atoms with Gasteiger partial charge in [-0.1, -0.05) is 12.1 Å². The molecule has 35 heavy (non-hydrogen) atoms. The fraction of sp³-hybridized carbons (Fsp3) is 0.500. The van der Waals surface area contributed by atoms with E-state index in [2.05, 4.69) is 26.9 Å². The van der Waals surface area contributed by atoms with Crippen LogP contribution in [-0.4, -0.2) is 98.6 Å². The number of morpholine rings is 1. The Bertz CT molecular complexity index is 955. The first-order chi connectivity index (χ1) is 17.0. The van der Waals surface area contributed by atoms with Crippen LogP contribution in [0.25, 0.3) is 0 Å². The molecule has 2 aromatic carbocycles. The maximum atomic E-state index is 13.7. The predicted octanol–water partition coefficient (Wildman–Crippen LogP) is 2.05. The summed E-state index contributed by atoms with van der Waals surface area (Å²) in [7, 11) is 0. The number of amides is 1. The molecule has 0 saturated carbocycles. The molecule has 2 N–H and O–H groups in total. The highest BCUT2D eigenvalue weighted by Crippen LogP contribution is 2.19. The molecular weight excluding hydrogens is 451 g/mol. The van der Waals surface area contributed by atoms with Crippen LogP contribution < -0.4 is 15.0 Å². The van der Waals surface area contributed by atoms with Gasteiger partial charge in [-0.15, -0.1) is 0 Å². The van der Waals surface area contributed by atoms with Crippen LogP contribution in [0.3, 0.4) is 0 Å². The van der Waals surface area contributed by atoms with Gasteiger partial charge in [0.1, 0.15) is 12.7 Å². The molecule has 0 aliphatic carbocycles. The molecule has 1 amide bonds. The number of para-hydroxylation sites is 1. The van der Waals surface area contributed by atoms with Gasteiger partial charge in [0.25, 0.3) is 0 Å². The van der Waals surface area contributed by atoms with Crippen molar-refractivity contribution in [1.29, 1.82) is 0 Å². The SMILES string of the molecule is CC1CN(CC(=O)Nc2ccc(N3CCOCC3)cc2)CCN1CC(O)COc1ccccc1F. The first-order valence-electron chi connectivity index (χ1n) is 12.2. The first kappa shape index (κ1) is 25.4. The molecule has 0 radical (unpaired) electrons. The van der Waals surface area contributed by atoms with Gasteiger partial charge in [0, 0.05) is 56.7 Å². The number of aliphatic hydroxyl groups excluding tert-OH is 1. The third kappa shape index (κ3) is 7.38. The minimum atomic E-state index is -0.729. The van der Waals surface area contributed by atoms with Crippen LogP contribution in [0.5, 0.6) is 5.75 Å². The summed E-state index contributed by atoms with van der Waals surface area (Å²) in [5.41, 5.74) is 1.93. The molecular formula is C26H35FN4O4. The van der Waals surface area contributed by atoms with Gasteiger partial charge in [0.05, 0.1) is 19.8 Å². The zero-order valence-electron chi connectivity index (χ0n) is 20.2. The number of rotatable bonds is 9. The third-order valence-corrected chi connectivity index (χ3v) is 6.46. The first-order valence-corrected chi connectivity index (χ1v) is 12.2. The fourth-order valence-electron chi connectivity index (χ4n) is 4.54. The summed E-state index contributed by atoms with van der Waals surface area (Å²) in [6, 6.07) is 14.3. The molecule has 2 aromatic rings. The highest BCUT2D eigenvalue weighted by Gasteiger charge is 2.26. The van der Waals surface area contributed by atoms with Crippen molar-refractivity contribution in [3.63, 3.8) is 0 Å². The van der Waals surface area contributed by atoms with E-state index in [1.165, 1.54) is 6.07 Å². The van der Waals surface area contributed by atoms with Crippen molar-refractivity contribution in [2.45, 2.75) is 19.1 Å². The molecule has 2 saturated heterocycles. The number of hydrogen-bond acceptors (Lipinski definition) is 7. The lowest BCUT2D eigenvalue weighted by atomic mass is 10.1. The molecule has 190 valence electrons. The number of benzene rings is 2. The summed E-state index contributed by atoms with van der Waals surface area (Å²) in [5.74, 6) is -0.331.